The molecular formula is C20H14BrF3N2O. The van der Waals surface area contributed by atoms with E-state index in [0.29, 0.717) is 10.0 Å². The lowest BCUT2D eigenvalue weighted by atomic mass is 9.76. The molecule has 1 N–H and O–H groups in total. The molecule has 1 heterocycles. The van der Waals surface area contributed by atoms with Crippen LogP contribution in [0.15, 0.2) is 58.6 Å². The van der Waals surface area contributed by atoms with Gasteiger partial charge >= 0.3 is 6.18 Å². The number of halogens is 4. The second-order valence-corrected chi connectivity index (χ2v) is 7.29. The second kappa shape index (κ2) is 6.86. The fraction of sp³-hybridized carbons (Fsp3) is 0.200. The van der Waals surface area contributed by atoms with Gasteiger partial charge in [0, 0.05) is 10.9 Å². The Hall–Kier alpha value is -2.59. The molecule has 1 aliphatic heterocycles. The monoisotopic (exact) mass is 434 g/mol. The maximum Gasteiger partial charge on any atom is 0.416 e. The van der Waals surface area contributed by atoms with Crippen molar-refractivity contribution in [2.24, 2.45) is 0 Å². The summed E-state index contributed by atoms with van der Waals surface area (Å²) in [7, 11) is 0. The quantitative estimate of drug-likeness (QED) is 0.721. The number of rotatable bonds is 2. The average molecular weight is 435 g/mol. The van der Waals surface area contributed by atoms with Gasteiger partial charge in [0.2, 0.25) is 0 Å². The summed E-state index contributed by atoms with van der Waals surface area (Å²) in [5.74, 6) is -1.03. The molecule has 0 saturated heterocycles. The fourth-order valence-electron chi connectivity index (χ4n) is 3.17. The Labute approximate surface area is 162 Å². The number of nitrogens with one attached hydrogen (secondary N) is 1. The summed E-state index contributed by atoms with van der Waals surface area (Å²) in [6, 6.07) is 14.2. The van der Waals surface area contributed by atoms with Gasteiger partial charge in [-0.3, -0.25) is 4.79 Å². The van der Waals surface area contributed by atoms with E-state index in [0.717, 1.165) is 5.56 Å². The first-order valence-corrected chi connectivity index (χ1v) is 8.83. The smallest absolute Gasteiger partial charge is 0.333 e. The molecule has 0 aliphatic carbocycles. The van der Waals surface area contributed by atoms with Crippen molar-refractivity contribution in [1.29, 1.82) is 5.26 Å². The lowest BCUT2D eigenvalue weighted by molar-refractivity contribution is -0.201. The number of hydrogen-bond acceptors (Lipinski definition) is 2. The molecule has 7 heteroatoms. The van der Waals surface area contributed by atoms with Gasteiger partial charge in [-0.05, 0) is 35.8 Å². The molecule has 0 aromatic heterocycles. The molecule has 138 valence electrons. The third-order valence-electron chi connectivity index (χ3n) is 4.61. The van der Waals surface area contributed by atoms with Crippen LogP contribution in [0.4, 0.5) is 13.2 Å². The molecule has 1 unspecified atom stereocenters. The number of alkyl halides is 3. The number of carbonyl (C=O) groups excluding carboxylic acids is 1. The highest BCUT2D eigenvalue weighted by Gasteiger charge is 2.59. The summed E-state index contributed by atoms with van der Waals surface area (Å²) >= 11 is 3.18. The summed E-state index contributed by atoms with van der Waals surface area (Å²) < 4.78 is 43.2. The van der Waals surface area contributed by atoms with E-state index >= 15 is 0 Å². The molecule has 3 nitrogen and oxygen atoms in total. The Morgan fingerprint density at radius 2 is 1.85 bits per heavy atom. The van der Waals surface area contributed by atoms with E-state index in [1.165, 1.54) is 18.2 Å². The van der Waals surface area contributed by atoms with Gasteiger partial charge in [0.15, 0.2) is 5.54 Å². The van der Waals surface area contributed by atoms with Gasteiger partial charge in [-0.1, -0.05) is 57.9 Å². The molecule has 27 heavy (non-hydrogen) atoms. The minimum absolute atomic E-state index is 0.0820. The maximum atomic E-state index is 14.2. The first kappa shape index (κ1) is 19.2. The van der Waals surface area contributed by atoms with Crippen molar-refractivity contribution in [3.63, 3.8) is 0 Å². The minimum Gasteiger partial charge on any atom is -0.333 e. The van der Waals surface area contributed by atoms with Crippen molar-refractivity contribution in [2.45, 2.75) is 25.1 Å². The lowest BCUT2D eigenvalue weighted by Crippen LogP contribution is -2.58. The van der Waals surface area contributed by atoms with Gasteiger partial charge in [0.1, 0.15) is 11.6 Å². The van der Waals surface area contributed by atoms with Gasteiger partial charge in [-0.15, -0.1) is 0 Å². The van der Waals surface area contributed by atoms with Crippen molar-refractivity contribution < 1.29 is 18.0 Å². The standard InChI is InChI=1S/C20H14BrF3N2O/c1-12-5-7-13(8-6-12)16-10-19(20(22,23)24,26-18(27)17(16)11-25)14-3-2-4-15(21)9-14/h2-9H,10H2,1H3,(H,26,27). The third kappa shape index (κ3) is 3.37. The van der Waals surface area contributed by atoms with Crippen LogP contribution in [0.1, 0.15) is 23.1 Å². The predicted octanol–water partition coefficient (Wildman–Crippen LogP) is 5.01. The number of amides is 1. The average Bonchev–Trinajstić information content (AvgIpc) is 2.60. The molecular weight excluding hydrogens is 421 g/mol. The van der Waals surface area contributed by atoms with Crippen LogP contribution < -0.4 is 5.32 Å². The molecule has 2 aromatic carbocycles. The number of hydrogen-bond donors (Lipinski definition) is 1. The minimum atomic E-state index is -4.76. The number of nitriles is 1. The van der Waals surface area contributed by atoms with E-state index in [4.69, 9.17) is 0 Å². The molecule has 1 amide bonds. The number of carbonyl (C=O) groups is 1. The van der Waals surface area contributed by atoms with Crippen LogP contribution in [0.25, 0.3) is 5.57 Å². The maximum absolute atomic E-state index is 14.2. The SMILES string of the molecule is Cc1ccc(C2=C(C#N)C(=O)NC(c3cccc(Br)c3)(C(F)(F)F)C2)cc1. The van der Waals surface area contributed by atoms with Gasteiger partial charge in [0.25, 0.3) is 5.91 Å². The summed E-state index contributed by atoms with van der Waals surface area (Å²) in [6.45, 7) is 1.85. The van der Waals surface area contributed by atoms with Gasteiger partial charge in [-0.2, -0.15) is 18.4 Å². The van der Waals surface area contributed by atoms with Crippen molar-refractivity contribution >= 4 is 27.4 Å². The number of nitrogens with zero attached hydrogens (tertiary/aromatic N) is 1. The normalized spacial score (nSPS) is 20.2. The van der Waals surface area contributed by atoms with E-state index in [2.05, 4.69) is 21.2 Å². The van der Waals surface area contributed by atoms with E-state index in [1.807, 2.05) is 6.92 Å². The van der Waals surface area contributed by atoms with Crippen molar-refractivity contribution in [2.75, 3.05) is 0 Å². The Morgan fingerprint density at radius 1 is 1.19 bits per heavy atom. The third-order valence-corrected chi connectivity index (χ3v) is 5.10. The number of benzene rings is 2. The highest BCUT2D eigenvalue weighted by atomic mass is 79.9. The largest absolute Gasteiger partial charge is 0.416 e. The summed E-state index contributed by atoms with van der Waals surface area (Å²) in [5.41, 5.74) is -1.58. The van der Waals surface area contributed by atoms with Crippen molar-refractivity contribution in [3.05, 3.63) is 75.3 Å². The van der Waals surface area contributed by atoms with Crippen molar-refractivity contribution in [1.82, 2.24) is 5.32 Å². The zero-order valence-electron chi connectivity index (χ0n) is 14.2. The number of aryl methyl sites for hydroxylation is 1. The molecule has 0 spiro atoms. The molecule has 0 bridgehead atoms. The molecule has 2 aromatic rings. The fourth-order valence-corrected chi connectivity index (χ4v) is 3.57. The van der Waals surface area contributed by atoms with Gasteiger partial charge in [-0.25, -0.2) is 0 Å². The van der Waals surface area contributed by atoms with E-state index in [1.54, 1.807) is 36.4 Å². The molecule has 1 atom stereocenters. The molecule has 1 aliphatic rings. The van der Waals surface area contributed by atoms with Crippen LogP contribution in [0.5, 0.6) is 0 Å². The molecule has 0 saturated carbocycles. The highest BCUT2D eigenvalue weighted by molar-refractivity contribution is 9.10. The zero-order chi connectivity index (χ0) is 19.8. The lowest BCUT2D eigenvalue weighted by Gasteiger charge is -2.40. The summed E-state index contributed by atoms with van der Waals surface area (Å²) in [5, 5.41) is 11.4. The first-order chi connectivity index (χ1) is 12.7. The molecule has 0 fully saturated rings. The van der Waals surface area contributed by atoms with Crippen LogP contribution in [0, 0.1) is 18.3 Å². The van der Waals surface area contributed by atoms with Crippen molar-refractivity contribution in [3.8, 4) is 6.07 Å². The van der Waals surface area contributed by atoms with E-state index in [9.17, 15) is 23.2 Å². The van der Waals surface area contributed by atoms with Gasteiger partial charge in [0.05, 0.1) is 0 Å². The van der Waals surface area contributed by atoms with Gasteiger partial charge < -0.3 is 5.32 Å². The Balaban J connectivity index is 2.24. The zero-order valence-corrected chi connectivity index (χ0v) is 15.8. The second-order valence-electron chi connectivity index (χ2n) is 6.38. The summed E-state index contributed by atoms with van der Waals surface area (Å²) in [4.78, 5) is 12.5. The van der Waals surface area contributed by atoms with Crippen LogP contribution in [-0.4, -0.2) is 12.1 Å². The van der Waals surface area contributed by atoms with Crippen LogP contribution in [0.2, 0.25) is 0 Å². The van der Waals surface area contributed by atoms with E-state index < -0.39 is 24.0 Å². The predicted molar refractivity (Wildman–Crippen MR) is 98.3 cm³/mol. The van der Waals surface area contributed by atoms with Crippen LogP contribution in [-0.2, 0) is 10.3 Å². The highest BCUT2D eigenvalue weighted by Crippen LogP contribution is 2.48. The van der Waals surface area contributed by atoms with E-state index in [-0.39, 0.29) is 16.7 Å². The molecule has 0 radical (unpaired) electrons. The Morgan fingerprint density at radius 3 is 2.41 bits per heavy atom. The summed E-state index contributed by atoms with van der Waals surface area (Å²) in [6.07, 6.45) is -5.33. The Bertz CT molecular complexity index is 974. The van der Waals surface area contributed by atoms with Crippen LogP contribution >= 0.6 is 15.9 Å². The molecule has 3 rings (SSSR count). The van der Waals surface area contributed by atoms with Crippen LogP contribution in [0.3, 0.4) is 0 Å². The first-order valence-electron chi connectivity index (χ1n) is 8.03. The Kier molecular flexibility index (Phi) is 4.87. The topological polar surface area (TPSA) is 52.9 Å².